The second-order valence-electron chi connectivity index (χ2n) is 4.48. The van der Waals surface area contributed by atoms with E-state index in [4.69, 9.17) is 0 Å². The Bertz CT molecular complexity index is 140. The Kier molecular flexibility index (Phi) is 3.74. The van der Waals surface area contributed by atoms with Gasteiger partial charge >= 0.3 is 0 Å². The van der Waals surface area contributed by atoms with E-state index in [9.17, 15) is 0 Å². The summed E-state index contributed by atoms with van der Waals surface area (Å²) in [5.74, 6) is 0. The summed E-state index contributed by atoms with van der Waals surface area (Å²) in [4.78, 5) is 4.88. The molecule has 0 aliphatic carbocycles. The third-order valence-electron chi connectivity index (χ3n) is 3.26. The molecule has 0 amide bonds. The van der Waals surface area contributed by atoms with Gasteiger partial charge in [0.2, 0.25) is 0 Å². The second-order valence-corrected chi connectivity index (χ2v) is 4.48. The van der Waals surface area contributed by atoms with Crippen molar-refractivity contribution >= 4 is 0 Å². The van der Waals surface area contributed by atoms with Crippen molar-refractivity contribution in [2.45, 2.75) is 26.7 Å². The molecular formula is C11H24N2. The van der Waals surface area contributed by atoms with Gasteiger partial charge in [0, 0.05) is 13.1 Å². The maximum absolute atomic E-state index is 2.45. The van der Waals surface area contributed by atoms with Crippen molar-refractivity contribution in [1.82, 2.24) is 9.80 Å². The van der Waals surface area contributed by atoms with E-state index in [1.54, 1.807) is 0 Å². The fourth-order valence-corrected chi connectivity index (χ4v) is 2.51. The van der Waals surface area contributed by atoms with Crippen molar-refractivity contribution in [2.24, 2.45) is 5.41 Å². The van der Waals surface area contributed by atoms with Gasteiger partial charge in [-0.2, -0.15) is 0 Å². The summed E-state index contributed by atoms with van der Waals surface area (Å²) in [7, 11) is 4.46. The number of likely N-dealkylation sites (tertiary alicyclic amines) is 2. The lowest BCUT2D eigenvalue weighted by Gasteiger charge is -2.52. The van der Waals surface area contributed by atoms with Crippen LogP contribution >= 0.6 is 0 Å². The first-order valence-electron chi connectivity index (χ1n) is 5.57. The molecule has 0 aromatic carbocycles. The van der Waals surface area contributed by atoms with Gasteiger partial charge in [0.1, 0.15) is 0 Å². The fourth-order valence-electron chi connectivity index (χ4n) is 2.51. The van der Waals surface area contributed by atoms with Gasteiger partial charge in [0.05, 0.1) is 0 Å². The summed E-state index contributed by atoms with van der Waals surface area (Å²) in [6, 6.07) is 0. The predicted octanol–water partition coefficient (Wildman–Crippen LogP) is 1.67. The highest BCUT2D eigenvalue weighted by Crippen LogP contribution is 2.38. The van der Waals surface area contributed by atoms with Crippen LogP contribution in [0.4, 0.5) is 0 Å². The number of nitrogens with zero attached hydrogens (tertiary/aromatic N) is 2. The Morgan fingerprint density at radius 2 is 1.31 bits per heavy atom. The molecule has 2 aliphatic rings. The van der Waals surface area contributed by atoms with Gasteiger partial charge in [-0.15, -0.1) is 0 Å². The van der Waals surface area contributed by atoms with Crippen LogP contribution in [0.3, 0.4) is 0 Å². The summed E-state index contributed by atoms with van der Waals surface area (Å²) >= 11 is 0. The Balaban J connectivity index is 0.000000396. The van der Waals surface area contributed by atoms with E-state index in [1.165, 1.54) is 39.0 Å². The molecule has 2 heteroatoms. The van der Waals surface area contributed by atoms with Crippen LogP contribution in [0.25, 0.3) is 0 Å². The molecule has 0 radical (unpaired) electrons. The molecule has 0 aromatic rings. The molecule has 2 fully saturated rings. The SMILES string of the molecule is CC.CN1CCC2(CC1)CN(C)C2. The van der Waals surface area contributed by atoms with Gasteiger partial charge < -0.3 is 9.80 Å². The zero-order valence-corrected chi connectivity index (χ0v) is 9.64. The maximum Gasteiger partial charge on any atom is 0.00484 e. The Morgan fingerprint density at radius 3 is 1.69 bits per heavy atom. The second kappa shape index (κ2) is 4.43. The fraction of sp³-hybridized carbons (Fsp3) is 1.00. The summed E-state index contributed by atoms with van der Waals surface area (Å²) in [5.41, 5.74) is 0.737. The summed E-state index contributed by atoms with van der Waals surface area (Å²) in [6.45, 7) is 9.32. The first-order chi connectivity index (χ1) is 6.20. The summed E-state index contributed by atoms with van der Waals surface area (Å²) in [5, 5.41) is 0. The Hall–Kier alpha value is -0.0800. The molecule has 0 saturated carbocycles. The van der Waals surface area contributed by atoms with Crippen molar-refractivity contribution in [3.8, 4) is 0 Å². The predicted molar refractivity (Wildman–Crippen MR) is 58.0 cm³/mol. The van der Waals surface area contributed by atoms with Gasteiger partial charge in [-0.25, -0.2) is 0 Å². The third-order valence-corrected chi connectivity index (χ3v) is 3.26. The smallest absolute Gasteiger partial charge is 0.00484 e. The first kappa shape index (κ1) is 11.0. The molecular weight excluding hydrogens is 160 g/mol. The lowest BCUT2D eigenvalue weighted by atomic mass is 9.72. The van der Waals surface area contributed by atoms with Gasteiger partial charge in [-0.05, 0) is 45.4 Å². The van der Waals surface area contributed by atoms with Crippen molar-refractivity contribution < 1.29 is 0 Å². The van der Waals surface area contributed by atoms with E-state index in [-0.39, 0.29) is 0 Å². The van der Waals surface area contributed by atoms with Crippen molar-refractivity contribution in [3.63, 3.8) is 0 Å². The molecule has 13 heavy (non-hydrogen) atoms. The van der Waals surface area contributed by atoms with Crippen molar-refractivity contribution in [2.75, 3.05) is 40.3 Å². The van der Waals surface area contributed by atoms with Crippen LogP contribution in [-0.2, 0) is 0 Å². The highest BCUT2D eigenvalue weighted by atomic mass is 15.2. The van der Waals surface area contributed by atoms with E-state index in [1.807, 2.05) is 13.8 Å². The van der Waals surface area contributed by atoms with Crippen LogP contribution in [-0.4, -0.2) is 50.1 Å². The van der Waals surface area contributed by atoms with Crippen molar-refractivity contribution in [3.05, 3.63) is 0 Å². The van der Waals surface area contributed by atoms with Crippen LogP contribution in [0.1, 0.15) is 26.7 Å². The highest BCUT2D eigenvalue weighted by molar-refractivity contribution is 4.96. The molecule has 2 nitrogen and oxygen atoms in total. The molecule has 78 valence electrons. The summed E-state index contributed by atoms with van der Waals surface area (Å²) < 4.78 is 0. The standard InChI is InChI=1S/C9H18N2.C2H6/c1-10-5-3-9(4-6-10)7-11(2)8-9;1-2/h3-8H2,1-2H3;1-2H3. The Morgan fingerprint density at radius 1 is 0.846 bits per heavy atom. The quantitative estimate of drug-likeness (QED) is 0.565. The molecule has 0 unspecified atom stereocenters. The third kappa shape index (κ3) is 2.44. The zero-order valence-electron chi connectivity index (χ0n) is 9.64. The van der Waals surface area contributed by atoms with Crippen LogP contribution in [0.2, 0.25) is 0 Å². The molecule has 0 N–H and O–H groups in total. The molecule has 1 spiro atoms. The molecule has 2 rings (SSSR count). The first-order valence-corrected chi connectivity index (χ1v) is 5.57. The van der Waals surface area contributed by atoms with E-state index >= 15 is 0 Å². The van der Waals surface area contributed by atoms with E-state index < -0.39 is 0 Å². The number of hydrogen-bond acceptors (Lipinski definition) is 2. The largest absolute Gasteiger partial charge is 0.306 e. The average molecular weight is 184 g/mol. The maximum atomic E-state index is 2.45. The van der Waals surface area contributed by atoms with Gasteiger partial charge in [-0.1, -0.05) is 13.8 Å². The normalized spacial score (nSPS) is 27.7. The molecule has 2 aliphatic heterocycles. The minimum atomic E-state index is 0.737. The van der Waals surface area contributed by atoms with E-state index in [0.717, 1.165) is 5.41 Å². The van der Waals surface area contributed by atoms with Gasteiger partial charge in [0.15, 0.2) is 0 Å². The summed E-state index contributed by atoms with van der Waals surface area (Å²) in [6.07, 6.45) is 2.85. The van der Waals surface area contributed by atoms with Gasteiger partial charge in [0.25, 0.3) is 0 Å². The highest BCUT2D eigenvalue weighted by Gasteiger charge is 2.42. The molecule has 0 bridgehead atoms. The number of hydrogen-bond donors (Lipinski definition) is 0. The van der Waals surface area contributed by atoms with Crippen LogP contribution in [0, 0.1) is 5.41 Å². The number of piperidine rings is 1. The van der Waals surface area contributed by atoms with Crippen LogP contribution in [0.5, 0.6) is 0 Å². The van der Waals surface area contributed by atoms with E-state index in [2.05, 4.69) is 23.9 Å². The molecule has 2 heterocycles. The molecule has 0 atom stereocenters. The number of rotatable bonds is 0. The van der Waals surface area contributed by atoms with E-state index in [0.29, 0.717) is 0 Å². The van der Waals surface area contributed by atoms with Crippen molar-refractivity contribution in [1.29, 1.82) is 0 Å². The Labute approximate surface area is 82.9 Å². The minimum Gasteiger partial charge on any atom is -0.306 e. The van der Waals surface area contributed by atoms with Crippen LogP contribution < -0.4 is 0 Å². The molecule has 2 saturated heterocycles. The topological polar surface area (TPSA) is 6.48 Å². The lowest BCUT2D eigenvalue weighted by molar-refractivity contribution is -0.0264. The van der Waals surface area contributed by atoms with Gasteiger partial charge in [-0.3, -0.25) is 0 Å². The zero-order chi connectivity index (χ0) is 9.90. The monoisotopic (exact) mass is 184 g/mol. The molecule has 0 aromatic heterocycles. The average Bonchev–Trinajstić information content (AvgIpc) is 2.11. The lowest BCUT2D eigenvalue weighted by Crippen LogP contribution is -2.58. The van der Waals surface area contributed by atoms with Crippen LogP contribution in [0.15, 0.2) is 0 Å². The minimum absolute atomic E-state index is 0.737.